The summed E-state index contributed by atoms with van der Waals surface area (Å²) in [5, 5.41) is 8.01. The molecular formula is C17H26N4. The normalized spacial score (nSPS) is 11.0. The van der Waals surface area contributed by atoms with Gasteiger partial charge in [-0.1, -0.05) is 45.0 Å². The highest BCUT2D eigenvalue weighted by Gasteiger charge is 2.09. The van der Waals surface area contributed by atoms with Gasteiger partial charge in [-0.3, -0.25) is 0 Å². The summed E-state index contributed by atoms with van der Waals surface area (Å²) in [5.41, 5.74) is 2.74. The standard InChI is InChI=1S/C17H26N4/c1-4-16-19-17(5-2)21(20-16)13-15-10-8-7-9-14(15)11-12-18-6-3/h7-10,18H,4-6,11-13H2,1-3H3. The summed E-state index contributed by atoms with van der Waals surface area (Å²) < 4.78 is 2.06. The minimum absolute atomic E-state index is 0.818. The minimum atomic E-state index is 0.818. The van der Waals surface area contributed by atoms with Crippen molar-refractivity contribution in [2.45, 2.75) is 46.6 Å². The van der Waals surface area contributed by atoms with E-state index in [0.29, 0.717) is 0 Å². The number of benzene rings is 1. The average molecular weight is 286 g/mol. The molecule has 2 aromatic rings. The molecule has 0 spiro atoms. The predicted octanol–water partition coefficient (Wildman–Crippen LogP) is 2.60. The molecular weight excluding hydrogens is 260 g/mol. The van der Waals surface area contributed by atoms with Crippen LogP contribution >= 0.6 is 0 Å². The van der Waals surface area contributed by atoms with Gasteiger partial charge in [-0.2, -0.15) is 5.10 Å². The molecule has 0 atom stereocenters. The molecule has 1 aromatic heterocycles. The van der Waals surface area contributed by atoms with Crippen LogP contribution in [-0.2, 0) is 25.8 Å². The van der Waals surface area contributed by atoms with Gasteiger partial charge in [0.25, 0.3) is 0 Å². The van der Waals surface area contributed by atoms with Gasteiger partial charge in [-0.25, -0.2) is 9.67 Å². The molecule has 0 aliphatic carbocycles. The zero-order valence-corrected chi connectivity index (χ0v) is 13.4. The van der Waals surface area contributed by atoms with Crippen molar-refractivity contribution in [3.05, 3.63) is 47.0 Å². The SMILES string of the molecule is CCNCCc1ccccc1Cn1nc(CC)nc1CC. The smallest absolute Gasteiger partial charge is 0.150 e. The van der Waals surface area contributed by atoms with Gasteiger partial charge >= 0.3 is 0 Å². The molecule has 0 unspecified atom stereocenters. The number of likely N-dealkylation sites (N-methyl/N-ethyl adjacent to an activating group) is 1. The van der Waals surface area contributed by atoms with Crippen LogP contribution in [0.15, 0.2) is 24.3 Å². The van der Waals surface area contributed by atoms with Crippen LogP contribution in [0.2, 0.25) is 0 Å². The second-order valence-electron chi connectivity index (χ2n) is 5.18. The molecule has 1 N–H and O–H groups in total. The lowest BCUT2D eigenvalue weighted by atomic mass is 10.0. The van der Waals surface area contributed by atoms with Crippen molar-refractivity contribution in [1.29, 1.82) is 0 Å². The van der Waals surface area contributed by atoms with Crippen molar-refractivity contribution in [3.63, 3.8) is 0 Å². The number of hydrogen-bond donors (Lipinski definition) is 1. The molecule has 0 aliphatic heterocycles. The van der Waals surface area contributed by atoms with Crippen LogP contribution in [0.3, 0.4) is 0 Å². The number of aromatic nitrogens is 3. The van der Waals surface area contributed by atoms with E-state index in [-0.39, 0.29) is 0 Å². The molecule has 0 saturated carbocycles. The molecule has 0 amide bonds. The topological polar surface area (TPSA) is 42.7 Å². The maximum Gasteiger partial charge on any atom is 0.150 e. The molecule has 0 bridgehead atoms. The Morgan fingerprint density at radius 3 is 2.48 bits per heavy atom. The molecule has 4 heteroatoms. The van der Waals surface area contributed by atoms with Crippen LogP contribution in [0, 0.1) is 0 Å². The summed E-state index contributed by atoms with van der Waals surface area (Å²) in [5.74, 6) is 2.02. The molecule has 2 rings (SSSR count). The highest BCUT2D eigenvalue weighted by atomic mass is 15.3. The Bertz CT molecular complexity index is 560. The van der Waals surface area contributed by atoms with Gasteiger partial charge < -0.3 is 5.32 Å². The fourth-order valence-electron chi connectivity index (χ4n) is 2.48. The Morgan fingerprint density at radius 2 is 1.81 bits per heavy atom. The van der Waals surface area contributed by atoms with E-state index >= 15 is 0 Å². The van der Waals surface area contributed by atoms with Gasteiger partial charge in [-0.15, -0.1) is 0 Å². The van der Waals surface area contributed by atoms with E-state index < -0.39 is 0 Å². The number of nitrogens with one attached hydrogen (secondary N) is 1. The summed E-state index contributed by atoms with van der Waals surface area (Å²) in [6.07, 6.45) is 2.87. The minimum Gasteiger partial charge on any atom is -0.317 e. The van der Waals surface area contributed by atoms with Gasteiger partial charge in [0.1, 0.15) is 5.82 Å². The van der Waals surface area contributed by atoms with Crippen LogP contribution in [0.1, 0.15) is 43.5 Å². The monoisotopic (exact) mass is 286 g/mol. The summed E-state index contributed by atoms with van der Waals surface area (Å²) in [4.78, 5) is 4.59. The van der Waals surface area contributed by atoms with Crippen molar-refractivity contribution in [2.75, 3.05) is 13.1 Å². The van der Waals surface area contributed by atoms with Gasteiger partial charge in [-0.05, 0) is 30.6 Å². The molecule has 0 fully saturated rings. The molecule has 0 saturated heterocycles. The maximum atomic E-state index is 4.62. The molecule has 0 aliphatic rings. The van der Waals surface area contributed by atoms with Gasteiger partial charge in [0.05, 0.1) is 6.54 Å². The predicted molar refractivity (Wildman–Crippen MR) is 86.6 cm³/mol. The lowest BCUT2D eigenvalue weighted by Gasteiger charge is -2.11. The maximum absolute atomic E-state index is 4.62. The second-order valence-corrected chi connectivity index (χ2v) is 5.18. The van der Waals surface area contributed by atoms with E-state index in [2.05, 4.69) is 65.1 Å². The summed E-state index contributed by atoms with van der Waals surface area (Å²) in [7, 11) is 0. The van der Waals surface area contributed by atoms with E-state index in [1.807, 2.05) is 0 Å². The van der Waals surface area contributed by atoms with Crippen LogP contribution in [0.4, 0.5) is 0 Å². The lowest BCUT2D eigenvalue weighted by molar-refractivity contribution is 0.629. The third-order valence-corrected chi connectivity index (χ3v) is 3.68. The fourth-order valence-corrected chi connectivity index (χ4v) is 2.48. The first-order valence-electron chi connectivity index (χ1n) is 7.98. The third kappa shape index (κ3) is 4.14. The molecule has 4 nitrogen and oxygen atoms in total. The van der Waals surface area contributed by atoms with Gasteiger partial charge in [0.2, 0.25) is 0 Å². The van der Waals surface area contributed by atoms with Gasteiger partial charge in [0.15, 0.2) is 5.82 Å². The first kappa shape index (κ1) is 15.7. The number of rotatable bonds is 8. The molecule has 1 aromatic carbocycles. The largest absolute Gasteiger partial charge is 0.317 e. The summed E-state index contributed by atoms with van der Waals surface area (Å²) in [6, 6.07) is 8.64. The third-order valence-electron chi connectivity index (χ3n) is 3.68. The van der Waals surface area contributed by atoms with E-state index in [1.54, 1.807) is 0 Å². The first-order valence-corrected chi connectivity index (χ1v) is 7.98. The lowest BCUT2D eigenvalue weighted by Crippen LogP contribution is -2.17. The zero-order chi connectivity index (χ0) is 15.1. The summed E-state index contributed by atoms with van der Waals surface area (Å²) in [6.45, 7) is 9.23. The highest BCUT2D eigenvalue weighted by Crippen LogP contribution is 2.12. The number of aryl methyl sites for hydroxylation is 2. The van der Waals surface area contributed by atoms with E-state index in [0.717, 1.165) is 50.5 Å². The van der Waals surface area contributed by atoms with Crippen molar-refractivity contribution in [2.24, 2.45) is 0 Å². The quantitative estimate of drug-likeness (QED) is 0.759. The molecule has 114 valence electrons. The zero-order valence-electron chi connectivity index (χ0n) is 13.4. The van der Waals surface area contributed by atoms with E-state index in [9.17, 15) is 0 Å². The molecule has 21 heavy (non-hydrogen) atoms. The van der Waals surface area contributed by atoms with Crippen LogP contribution in [-0.4, -0.2) is 27.9 Å². The van der Waals surface area contributed by atoms with Crippen molar-refractivity contribution in [1.82, 2.24) is 20.1 Å². The molecule has 0 radical (unpaired) electrons. The van der Waals surface area contributed by atoms with Crippen LogP contribution in [0.5, 0.6) is 0 Å². The van der Waals surface area contributed by atoms with Crippen LogP contribution in [0.25, 0.3) is 0 Å². The van der Waals surface area contributed by atoms with Crippen molar-refractivity contribution in [3.8, 4) is 0 Å². The Labute approximate surface area is 127 Å². The number of nitrogens with zero attached hydrogens (tertiary/aromatic N) is 3. The van der Waals surface area contributed by atoms with E-state index in [4.69, 9.17) is 0 Å². The highest BCUT2D eigenvalue weighted by molar-refractivity contribution is 5.27. The Hall–Kier alpha value is -1.68. The van der Waals surface area contributed by atoms with Gasteiger partial charge in [0, 0.05) is 12.8 Å². The Kier molecular flexibility index (Phi) is 5.93. The fraction of sp³-hybridized carbons (Fsp3) is 0.529. The Balaban J connectivity index is 2.17. The van der Waals surface area contributed by atoms with Crippen molar-refractivity contribution < 1.29 is 0 Å². The average Bonchev–Trinajstić information content (AvgIpc) is 2.91. The number of hydrogen-bond acceptors (Lipinski definition) is 3. The van der Waals surface area contributed by atoms with Crippen molar-refractivity contribution >= 4 is 0 Å². The van der Waals surface area contributed by atoms with E-state index in [1.165, 1.54) is 11.1 Å². The summed E-state index contributed by atoms with van der Waals surface area (Å²) >= 11 is 0. The van der Waals surface area contributed by atoms with Crippen LogP contribution < -0.4 is 5.32 Å². The molecule has 1 heterocycles. The second kappa shape index (κ2) is 7.93. The first-order chi connectivity index (χ1) is 10.3. The Morgan fingerprint density at radius 1 is 1.05 bits per heavy atom.